The highest BCUT2D eigenvalue weighted by molar-refractivity contribution is 5.68. The molecule has 0 amide bonds. The highest BCUT2D eigenvalue weighted by Crippen LogP contribution is 2.51. The van der Waals surface area contributed by atoms with Crippen molar-refractivity contribution in [3.8, 4) is 11.5 Å². The largest absolute Gasteiger partial charge is 0.508 e. The average molecular weight is 380 g/mol. The van der Waals surface area contributed by atoms with E-state index in [4.69, 9.17) is 18.9 Å². The molecule has 2 aliphatic heterocycles. The lowest BCUT2D eigenvalue weighted by Crippen LogP contribution is -2.60. The quantitative estimate of drug-likeness (QED) is 0.752. The van der Waals surface area contributed by atoms with E-state index in [0.717, 1.165) is 0 Å². The molecule has 1 spiro atoms. The number of esters is 2. The Balaban J connectivity index is 2.16. The molecule has 1 fully saturated rings. The van der Waals surface area contributed by atoms with Crippen LogP contribution in [-0.2, 0) is 35.1 Å². The van der Waals surface area contributed by atoms with E-state index in [9.17, 15) is 19.8 Å². The lowest BCUT2D eigenvalue weighted by Gasteiger charge is -2.50. The fraction of sp³-hybridized carbons (Fsp3) is 0.579. The monoisotopic (exact) mass is 380 g/mol. The molecule has 0 bridgehead atoms. The molecule has 8 nitrogen and oxygen atoms in total. The molecule has 0 radical (unpaired) electrons. The number of carbonyl (C=O) groups excluding carboxylic acids is 2. The molecule has 1 saturated heterocycles. The normalized spacial score (nSPS) is 29.9. The van der Waals surface area contributed by atoms with Crippen LogP contribution in [0.25, 0.3) is 0 Å². The summed E-state index contributed by atoms with van der Waals surface area (Å²) in [6.07, 6.45) is -1.08. The van der Waals surface area contributed by atoms with Gasteiger partial charge in [0.1, 0.15) is 11.5 Å². The minimum absolute atomic E-state index is 0.0511. The number of phenolic OH excluding ortho intramolecular Hbond substituents is 2. The second-order valence-corrected chi connectivity index (χ2v) is 7.04. The van der Waals surface area contributed by atoms with Gasteiger partial charge in [-0.2, -0.15) is 0 Å². The van der Waals surface area contributed by atoms with Gasteiger partial charge in [0, 0.05) is 30.5 Å². The van der Waals surface area contributed by atoms with Crippen LogP contribution in [0.15, 0.2) is 6.07 Å². The first-order valence-electron chi connectivity index (χ1n) is 8.86. The first-order valence-corrected chi connectivity index (χ1v) is 8.86. The van der Waals surface area contributed by atoms with Crippen LogP contribution < -0.4 is 0 Å². The number of fused-ring (bicyclic) bond motifs is 1. The number of benzene rings is 1. The number of ether oxygens (including phenoxy) is 4. The summed E-state index contributed by atoms with van der Waals surface area (Å²) in [5.41, 5.74) is 1.05. The zero-order chi connectivity index (χ0) is 19.9. The van der Waals surface area contributed by atoms with Gasteiger partial charge in [-0.15, -0.1) is 0 Å². The van der Waals surface area contributed by atoms with Crippen molar-refractivity contribution in [1.82, 2.24) is 0 Å². The summed E-state index contributed by atoms with van der Waals surface area (Å²) in [7, 11) is 0. The first kappa shape index (κ1) is 19.4. The minimum atomic E-state index is -1.56. The van der Waals surface area contributed by atoms with Crippen molar-refractivity contribution >= 4 is 11.9 Å². The van der Waals surface area contributed by atoms with Gasteiger partial charge in [0.2, 0.25) is 5.79 Å². The predicted molar refractivity (Wildman–Crippen MR) is 91.9 cm³/mol. The topological polar surface area (TPSA) is 112 Å². The molecule has 1 aromatic rings. The van der Waals surface area contributed by atoms with Crippen LogP contribution in [0.3, 0.4) is 0 Å². The summed E-state index contributed by atoms with van der Waals surface area (Å²) in [6, 6.07) is 1.43. The van der Waals surface area contributed by atoms with Crippen LogP contribution in [0.4, 0.5) is 0 Å². The Kier molecular flexibility index (Phi) is 5.05. The Bertz CT molecular complexity index is 773. The summed E-state index contributed by atoms with van der Waals surface area (Å²) in [5.74, 6) is -2.95. The number of hydrogen-bond donors (Lipinski definition) is 2. The van der Waals surface area contributed by atoms with E-state index in [1.54, 1.807) is 6.92 Å². The van der Waals surface area contributed by atoms with E-state index < -0.39 is 29.9 Å². The lowest BCUT2D eigenvalue weighted by molar-refractivity contribution is -0.366. The molecule has 4 atom stereocenters. The van der Waals surface area contributed by atoms with Gasteiger partial charge in [0.05, 0.1) is 12.7 Å². The average Bonchev–Trinajstić information content (AvgIpc) is 2.57. The van der Waals surface area contributed by atoms with Crippen molar-refractivity contribution in [3.05, 3.63) is 22.8 Å². The zero-order valence-corrected chi connectivity index (χ0v) is 15.8. The van der Waals surface area contributed by atoms with Gasteiger partial charge >= 0.3 is 11.9 Å². The summed E-state index contributed by atoms with van der Waals surface area (Å²) in [6.45, 7) is 5.88. The summed E-state index contributed by atoms with van der Waals surface area (Å²) < 4.78 is 23.0. The standard InChI is InChI=1S/C19H24O8/c1-9-5-6-16(25-11(3)20)19(27-9)18(26-12(4)21)13-7-15(22)10(2)17(23)14(13)8-24-19/h7,9,16,18,22-23H,5-6,8H2,1-4H3/t9-,16-,18?,19-/m0/s1. The second-order valence-electron chi connectivity index (χ2n) is 7.04. The molecule has 148 valence electrons. The highest BCUT2D eigenvalue weighted by Gasteiger charge is 2.58. The van der Waals surface area contributed by atoms with Gasteiger partial charge < -0.3 is 29.2 Å². The fourth-order valence-corrected chi connectivity index (χ4v) is 3.74. The van der Waals surface area contributed by atoms with Crippen LogP contribution in [-0.4, -0.2) is 40.1 Å². The number of phenols is 2. The van der Waals surface area contributed by atoms with Crippen LogP contribution in [0.1, 0.15) is 56.4 Å². The van der Waals surface area contributed by atoms with Crippen LogP contribution in [0, 0.1) is 6.92 Å². The maximum absolute atomic E-state index is 11.8. The Morgan fingerprint density at radius 1 is 1.19 bits per heavy atom. The van der Waals surface area contributed by atoms with Gasteiger partial charge in [0.25, 0.3) is 0 Å². The molecule has 27 heavy (non-hydrogen) atoms. The Labute approximate surface area is 157 Å². The number of aromatic hydroxyl groups is 2. The molecular weight excluding hydrogens is 356 g/mol. The van der Waals surface area contributed by atoms with E-state index >= 15 is 0 Å². The molecule has 1 aromatic carbocycles. The second kappa shape index (κ2) is 7.01. The molecule has 0 aromatic heterocycles. The molecular formula is C19H24O8. The highest BCUT2D eigenvalue weighted by atomic mass is 16.7. The Morgan fingerprint density at radius 3 is 2.48 bits per heavy atom. The third kappa shape index (κ3) is 3.35. The first-order chi connectivity index (χ1) is 12.7. The lowest BCUT2D eigenvalue weighted by atomic mass is 9.84. The predicted octanol–water partition coefficient (Wildman–Crippen LogP) is 2.37. The smallest absolute Gasteiger partial charge is 0.303 e. The van der Waals surface area contributed by atoms with E-state index in [2.05, 4.69) is 0 Å². The minimum Gasteiger partial charge on any atom is -0.508 e. The molecule has 2 N–H and O–H groups in total. The number of rotatable bonds is 2. The SMILES string of the molecule is CC(=O)OC1c2cc(O)c(C)c(O)c2CO[C@@]12O[C@@H](C)CC[C@@H]2OC(C)=O. The van der Waals surface area contributed by atoms with Crippen molar-refractivity contribution in [2.24, 2.45) is 0 Å². The Morgan fingerprint density at radius 2 is 1.85 bits per heavy atom. The van der Waals surface area contributed by atoms with Crippen molar-refractivity contribution in [1.29, 1.82) is 0 Å². The van der Waals surface area contributed by atoms with Gasteiger partial charge in [0.15, 0.2) is 12.2 Å². The van der Waals surface area contributed by atoms with Gasteiger partial charge in [-0.1, -0.05) is 0 Å². The van der Waals surface area contributed by atoms with E-state index in [1.807, 2.05) is 6.92 Å². The van der Waals surface area contributed by atoms with E-state index in [0.29, 0.717) is 29.5 Å². The van der Waals surface area contributed by atoms with Gasteiger partial charge in [-0.3, -0.25) is 9.59 Å². The van der Waals surface area contributed by atoms with E-state index in [1.165, 1.54) is 19.9 Å². The number of carbonyl (C=O) groups is 2. The van der Waals surface area contributed by atoms with Crippen molar-refractivity contribution < 1.29 is 38.7 Å². The Hall–Kier alpha value is -2.32. The van der Waals surface area contributed by atoms with Crippen LogP contribution >= 0.6 is 0 Å². The van der Waals surface area contributed by atoms with E-state index in [-0.39, 0.29) is 24.2 Å². The molecule has 0 aliphatic carbocycles. The summed E-state index contributed by atoms with van der Waals surface area (Å²) >= 11 is 0. The summed E-state index contributed by atoms with van der Waals surface area (Å²) in [4.78, 5) is 23.5. The molecule has 3 rings (SSSR count). The molecule has 2 aliphatic rings. The molecule has 8 heteroatoms. The van der Waals surface area contributed by atoms with Crippen LogP contribution in [0.2, 0.25) is 0 Å². The van der Waals surface area contributed by atoms with Gasteiger partial charge in [-0.25, -0.2) is 0 Å². The third-order valence-electron chi connectivity index (χ3n) is 5.02. The maximum Gasteiger partial charge on any atom is 0.303 e. The van der Waals surface area contributed by atoms with Gasteiger partial charge in [-0.05, 0) is 32.8 Å². The fourth-order valence-electron chi connectivity index (χ4n) is 3.74. The third-order valence-corrected chi connectivity index (χ3v) is 5.02. The summed E-state index contributed by atoms with van der Waals surface area (Å²) in [5, 5.41) is 20.6. The molecule has 2 heterocycles. The van der Waals surface area contributed by atoms with Crippen molar-refractivity contribution in [2.75, 3.05) is 0 Å². The zero-order valence-electron chi connectivity index (χ0n) is 15.8. The molecule has 1 unspecified atom stereocenters. The van der Waals surface area contributed by atoms with Crippen molar-refractivity contribution in [3.63, 3.8) is 0 Å². The van der Waals surface area contributed by atoms with Crippen LogP contribution in [0.5, 0.6) is 11.5 Å². The molecule has 0 saturated carbocycles. The number of hydrogen-bond acceptors (Lipinski definition) is 8. The maximum atomic E-state index is 11.8. The van der Waals surface area contributed by atoms with Crippen molar-refractivity contribution in [2.45, 2.75) is 71.2 Å².